The highest BCUT2D eigenvalue weighted by molar-refractivity contribution is 7.98. The van der Waals surface area contributed by atoms with Crippen LogP contribution in [-0.4, -0.2) is 78.3 Å². The number of morpholine rings is 1. The second kappa shape index (κ2) is 7.48. The average Bonchev–Trinajstić information content (AvgIpc) is 2.35. The molecule has 7 heteroatoms. The molecular weight excluding hydrogens is 256 g/mol. The molecular formula is C11H20N2O4S. The van der Waals surface area contributed by atoms with Gasteiger partial charge >= 0.3 is 12.0 Å². The Labute approximate surface area is 111 Å². The van der Waals surface area contributed by atoms with Gasteiger partial charge in [0.1, 0.15) is 0 Å². The Morgan fingerprint density at radius 2 is 2.28 bits per heavy atom. The van der Waals surface area contributed by atoms with E-state index in [1.54, 1.807) is 28.6 Å². The summed E-state index contributed by atoms with van der Waals surface area (Å²) in [6.45, 7) is 1.89. The molecule has 6 nitrogen and oxygen atoms in total. The molecule has 1 rings (SSSR count). The number of carboxylic acids is 1. The number of carboxylic acid groups (broad SMARTS) is 1. The number of hydrogen-bond donors (Lipinski definition) is 1. The predicted molar refractivity (Wildman–Crippen MR) is 70.0 cm³/mol. The molecule has 0 spiro atoms. The molecule has 1 fully saturated rings. The second-order valence-electron chi connectivity index (χ2n) is 4.22. The zero-order valence-electron chi connectivity index (χ0n) is 10.8. The first-order valence-corrected chi connectivity index (χ1v) is 7.26. The number of hydrogen-bond acceptors (Lipinski definition) is 4. The van der Waals surface area contributed by atoms with Crippen molar-refractivity contribution in [3.05, 3.63) is 0 Å². The van der Waals surface area contributed by atoms with Gasteiger partial charge in [-0.3, -0.25) is 4.79 Å². The summed E-state index contributed by atoms with van der Waals surface area (Å²) >= 11 is 1.67. The average molecular weight is 276 g/mol. The van der Waals surface area contributed by atoms with Crippen LogP contribution < -0.4 is 0 Å². The first-order valence-electron chi connectivity index (χ1n) is 5.86. The van der Waals surface area contributed by atoms with E-state index < -0.39 is 5.97 Å². The van der Waals surface area contributed by atoms with Crippen LogP contribution in [0.2, 0.25) is 0 Å². The zero-order chi connectivity index (χ0) is 13.5. The third kappa shape index (κ3) is 4.38. The van der Waals surface area contributed by atoms with Gasteiger partial charge in [0.2, 0.25) is 0 Å². The third-order valence-corrected chi connectivity index (χ3v) is 3.43. The van der Waals surface area contributed by atoms with Gasteiger partial charge in [0.05, 0.1) is 25.7 Å². The Morgan fingerprint density at radius 1 is 1.56 bits per heavy atom. The molecule has 0 aliphatic carbocycles. The van der Waals surface area contributed by atoms with Gasteiger partial charge in [-0.1, -0.05) is 0 Å². The molecule has 18 heavy (non-hydrogen) atoms. The monoisotopic (exact) mass is 276 g/mol. The van der Waals surface area contributed by atoms with E-state index in [-0.39, 0.29) is 18.5 Å². The molecule has 1 heterocycles. The number of carbonyl (C=O) groups is 2. The van der Waals surface area contributed by atoms with E-state index >= 15 is 0 Å². The standard InChI is InChI=1S/C11H20N2O4S/c1-12(4-6-18-2)11(16)13-3-5-17-8-9(13)7-10(14)15/h9H,3-8H2,1-2H3,(H,14,15). The van der Waals surface area contributed by atoms with E-state index in [1.165, 1.54) is 0 Å². The molecule has 0 aromatic heterocycles. The van der Waals surface area contributed by atoms with Crippen LogP contribution in [-0.2, 0) is 9.53 Å². The van der Waals surface area contributed by atoms with E-state index in [9.17, 15) is 9.59 Å². The molecule has 2 amide bonds. The maximum absolute atomic E-state index is 12.2. The van der Waals surface area contributed by atoms with Crippen molar-refractivity contribution in [2.24, 2.45) is 0 Å². The van der Waals surface area contributed by atoms with Crippen molar-refractivity contribution in [1.82, 2.24) is 9.80 Å². The Balaban J connectivity index is 2.58. The van der Waals surface area contributed by atoms with Gasteiger partial charge in [0, 0.05) is 25.9 Å². The van der Waals surface area contributed by atoms with Gasteiger partial charge < -0.3 is 19.6 Å². The molecule has 1 saturated heterocycles. The van der Waals surface area contributed by atoms with Crippen molar-refractivity contribution < 1.29 is 19.4 Å². The Morgan fingerprint density at radius 3 is 2.89 bits per heavy atom. The van der Waals surface area contributed by atoms with Gasteiger partial charge in [-0.05, 0) is 6.26 Å². The molecule has 1 aliphatic rings. The van der Waals surface area contributed by atoms with Crippen molar-refractivity contribution in [2.45, 2.75) is 12.5 Å². The summed E-state index contributed by atoms with van der Waals surface area (Å²) in [6.07, 6.45) is 1.92. The van der Waals surface area contributed by atoms with Crippen molar-refractivity contribution in [3.63, 3.8) is 0 Å². The lowest BCUT2D eigenvalue weighted by atomic mass is 10.1. The summed E-state index contributed by atoms with van der Waals surface area (Å²) in [4.78, 5) is 26.2. The van der Waals surface area contributed by atoms with Gasteiger partial charge in [0.25, 0.3) is 0 Å². The molecule has 0 aromatic carbocycles. The van der Waals surface area contributed by atoms with E-state index in [1.807, 2.05) is 6.26 Å². The number of ether oxygens (including phenoxy) is 1. The highest BCUT2D eigenvalue weighted by Gasteiger charge is 2.30. The maximum Gasteiger partial charge on any atom is 0.320 e. The van der Waals surface area contributed by atoms with E-state index in [0.29, 0.717) is 26.3 Å². The summed E-state index contributed by atoms with van der Waals surface area (Å²) < 4.78 is 5.24. The lowest BCUT2D eigenvalue weighted by molar-refractivity contribution is -0.139. The number of aliphatic carboxylic acids is 1. The van der Waals surface area contributed by atoms with Crippen molar-refractivity contribution in [1.29, 1.82) is 0 Å². The van der Waals surface area contributed by atoms with Crippen LogP contribution in [0, 0.1) is 0 Å². The summed E-state index contributed by atoms with van der Waals surface area (Å²) in [5.74, 6) is -0.0361. The molecule has 0 radical (unpaired) electrons. The molecule has 0 saturated carbocycles. The van der Waals surface area contributed by atoms with Gasteiger partial charge in [-0.15, -0.1) is 0 Å². The SMILES string of the molecule is CSCCN(C)C(=O)N1CCOCC1CC(=O)O. The fourth-order valence-electron chi connectivity index (χ4n) is 1.82. The fourth-order valence-corrected chi connectivity index (χ4v) is 2.28. The van der Waals surface area contributed by atoms with Crippen LogP contribution in [0.1, 0.15) is 6.42 Å². The first kappa shape index (κ1) is 15.1. The third-order valence-electron chi connectivity index (χ3n) is 2.84. The molecule has 104 valence electrons. The van der Waals surface area contributed by atoms with Crippen LogP contribution >= 0.6 is 11.8 Å². The summed E-state index contributed by atoms with van der Waals surface area (Å²) in [6, 6.07) is -0.473. The highest BCUT2D eigenvalue weighted by Crippen LogP contribution is 2.13. The first-order chi connectivity index (χ1) is 8.56. The van der Waals surface area contributed by atoms with Crippen LogP contribution in [0.3, 0.4) is 0 Å². The van der Waals surface area contributed by atoms with Crippen molar-refractivity contribution in [2.75, 3.05) is 45.4 Å². The molecule has 1 aliphatic heterocycles. The number of urea groups is 1. The molecule has 1 unspecified atom stereocenters. The Kier molecular flexibility index (Phi) is 6.28. The second-order valence-corrected chi connectivity index (χ2v) is 5.20. The predicted octanol–water partition coefficient (Wildman–Crippen LogP) is 0.577. The highest BCUT2D eigenvalue weighted by atomic mass is 32.2. The summed E-state index contributed by atoms with van der Waals surface area (Å²) in [5, 5.41) is 8.83. The lowest BCUT2D eigenvalue weighted by Crippen LogP contribution is -2.53. The normalized spacial score (nSPS) is 19.7. The topological polar surface area (TPSA) is 70.1 Å². The molecule has 0 aromatic rings. The lowest BCUT2D eigenvalue weighted by Gasteiger charge is -2.37. The Bertz CT molecular complexity index is 301. The van der Waals surface area contributed by atoms with Gasteiger partial charge in [-0.2, -0.15) is 11.8 Å². The summed E-state index contributed by atoms with van der Waals surface area (Å²) in [7, 11) is 1.74. The fraction of sp³-hybridized carbons (Fsp3) is 0.818. The van der Waals surface area contributed by atoms with Crippen LogP contribution in [0.4, 0.5) is 4.79 Å². The van der Waals surface area contributed by atoms with Crippen molar-refractivity contribution >= 4 is 23.8 Å². The number of nitrogens with zero attached hydrogens (tertiary/aromatic N) is 2. The van der Waals surface area contributed by atoms with Gasteiger partial charge in [-0.25, -0.2) is 4.79 Å². The zero-order valence-corrected chi connectivity index (χ0v) is 11.6. The van der Waals surface area contributed by atoms with Crippen LogP contribution in [0.5, 0.6) is 0 Å². The summed E-state index contributed by atoms with van der Waals surface area (Å²) in [5.41, 5.74) is 0. The minimum atomic E-state index is -0.907. The van der Waals surface area contributed by atoms with Gasteiger partial charge in [0.15, 0.2) is 0 Å². The van der Waals surface area contributed by atoms with E-state index in [4.69, 9.17) is 9.84 Å². The smallest absolute Gasteiger partial charge is 0.320 e. The minimum absolute atomic E-state index is 0.0674. The quantitative estimate of drug-likeness (QED) is 0.795. The van der Waals surface area contributed by atoms with Crippen molar-refractivity contribution in [3.8, 4) is 0 Å². The Hall–Kier alpha value is -0.950. The van der Waals surface area contributed by atoms with E-state index in [2.05, 4.69) is 0 Å². The molecule has 0 bridgehead atoms. The molecule has 1 N–H and O–H groups in total. The minimum Gasteiger partial charge on any atom is -0.481 e. The maximum atomic E-state index is 12.2. The van der Waals surface area contributed by atoms with E-state index in [0.717, 1.165) is 5.75 Å². The number of amides is 2. The number of rotatable bonds is 5. The van der Waals surface area contributed by atoms with Crippen LogP contribution in [0.15, 0.2) is 0 Å². The number of carbonyl (C=O) groups excluding carboxylic acids is 1. The number of thioether (sulfide) groups is 1. The molecule has 1 atom stereocenters. The van der Waals surface area contributed by atoms with Crippen LogP contribution in [0.25, 0.3) is 0 Å². The largest absolute Gasteiger partial charge is 0.481 e.